The van der Waals surface area contributed by atoms with Crippen LogP contribution in [0.25, 0.3) is 0 Å². The van der Waals surface area contributed by atoms with Crippen LogP contribution in [0.15, 0.2) is 48.5 Å². The minimum absolute atomic E-state index is 0.00152. The zero-order valence-corrected chi connectivity index (χ0v) is 16.6. The summed E-state index contributed by atoms with van der Waals surface area (Å²) in [6, 6.07) is 14.5. The van der Waals surface area contributed by atoms with E-state index in [2.05, 4.69) is 5.92 Å². The molecule has 4 heteroatoms. The Balaban J connectivity index is 2.50. The molecule has 0 fully saturated rings. The average molecular weight is 362 g/mol. The number of benzene rings is 2. The van der Waals surface area contributed by atoms with Gasteiger partial charge in [-0.3, -0.25) is 9.59 Å². The second-order valence-corrected chi connectivity index (χ2v) is 7.59. The molecule has 0 N–H and O–H groups in total. The molecule has 0 unspecified atom stereocenters. The highest BCUT2D eigenvalue weighted by Gasteiger charge is 2.35. The first-order valence-corrected chi connectivity index (χ1v) is 8.88. The van der Waals surface area contributed by atoms with Gasteiger partial charge < -0.3 is 0 Å². The molecule has 0 aliphatic carbocycles. The molecule has 4 nitrogen and oxygen atoms in total. The van der Waals surface area contributed by atoms with E-state index in [0.717, 1.165) is 11.1 Å². The first kappa shape index (κ1) is 20.3. The number of hydrogen-bond acceptors (Lipinski definition) is 2. The van der Waals surface area contributed by atoms with Crippen LogP contribution in [0.4, 0.5) is 0 Å². The van der Waals surface area contributed by atoms with Gasteiger partial charge in [-0.05, 0) is 58.9 Å². The zero-order valence-electron chi connectivity index (χ0n) is 16.6. The van der Waals surface area contributed by atoms with Gasteiger partial charge in [0.1, 0.15) is 6.54 Å². The molecule has 0 radical (unpaired) electrons. The molecule has 0 bridgehead atoms. The van der Waals surface area contributed by atoms with E-state index >= 15 is 0 Å². The highest BCUT2D eigenvalue weighted by molar-refractivity contribution is 5.99. The Morgan fingerprint density at radius 2 is 1.56 bits per heavy atom. The maximum absolute atomic E-state index is 13.3. The first-order chi connectivity index (χ1) is 12.6. The van der Waals surface area contributed by atoms with Crippen molar-refractivity contribution in [2.24, 2.45) is 0 Å². The third-order valence-corrected chi connectivity index (χ3v) is 4.11. The summed E-state index contributed by atoms with van der Waals surface area (Å²) < 4.78 is 0. The van der Waals surface area contributed by atoms with Gasteiger partial charge in [-0.15, -0.1) is 6.42 Å². The Morgan fingerprint density at radius 1 is 0.926 bits per heavy atom. The summed E-state index contributed by atoms with van der Waals surface area (Å²) in [4.78, 5) is 26.5. The molecule has 2 amide bonds. The van der Waals surface area contributed by atoms with Crippen molar-refractivity contribution in [2.75, 3.05) is 6.54 Å². The Kier molecular flexibility index (Phi) is 6.07. The third kappa shape index (κ3) is 4.77. The van der Waals surface area contributed by atoms with E-state index in [1.807, 2.05) is 65.0 Å². The first-order valence-electron chi connectivity index (χ1n) is 8.88. The molecule has 2 rings (SSSR count). The van der Waals surface area contributed by atoms with Crippen molar-refractivity contribution < 1.29 is 9.59 Å². The quantitative estimate of drug-likeness (QED) is 0.605. The van der Waals surface area contributed by atoms with Crippen LogP contribution in [0.2, 0.25) is 0 Å². The lowest BCUT2D eigenvalue weighted by molar-refractivity contribution is -0.0371. The van der Waals surface area contributed by atoms with Gasteiger partial charge in [0, 0.05) is 11.1 Å². The molecule has 2 aromatic carbocycles. The van der Waals surface area contributed by atoms with Crippen molar-refractivity contribution >= 4 is 11.8 Å². The molecule has 0 saturated carbocycles. The normalized spacial score (nSPS) is 10.8. The predicted octanol–water partition coefficient (Wildman–Crippen LogP) is 4.23. The molecule has 0 spiro atoms. The summed E-state index contributed by atoms with van der Waals surface area (Å²) >= 11 is 0. The molecule has 0 heterocycles. The van der Waals surface area contributed by atoms with Crippen LogP contribution in [-0.2, 0) is 0 Å². The lowest BCUT2D eigenvalue weighted by atomic mass is 10.0. The summed E-state index contributed by atoms with van der Waals surface area (Å²) in [6.07, 6.45) is 5.53. The van der Waals surface area contributed by atoms with Gasteiger partial charge in [0.25, 0.3) is 11.8 Å². The van der Waals surface area contributed by atoms with Crippen molar-refractivity contribution in [3.05, 3.63) is 70.8 Å². The molecular weight excluding hydrogens is 336 g/mol. The van der Waals surface area contributed by atoms with E-state index < -0.39 is 5.54 Å². The molecule has 140 valence electrons. The predicted molar refractivity (Wildman–Crippen MR) is 108 cm³/mol. The fourth-order valence-corrected chi connectivity index (χ4v) is 2.84. The molecule has 0 saturated heterocycles. The monoisotopic (exact) mass is 362 g/mol. The number of carbonyl (C=O) groups excluding carboxylic acids is 2. The van der Waals surface area contributed by atoms with Crippen molar-refractivity contribution in [2.45, 2.75) is 40.2 Å². The van der Waals surface area contributed by atoms with E-state index in [9.17, 15) is 9.59 Å². The van der Waals surface area contributed by atoms with Gasteiger partial charge >= 0.3 is 0 Å². The van der Waals surface area contributed by atoms with Crippen molar-refractivity contribution in [3.63, 3.8) is 0 Å². The number of aryl methyl sites for hydroxylation is 2. The van der Waals surface area contributed by atoms with Crippen LogP contribution in [0, 0.1) is 26.2 Å². The minimum atomic E-state index is -0.641. The van der Waals surface area contributed by atoms with Gasteiger partial charge in [-0.1, -0.05) is 41.3 Å². The molecule has 2 aromatic rings. The number of nitrogens with zero attached hydrogens (tertiary/aromatic N) is 2. The van der Waals surface area contributed by atoms with Gasteiger partial charge in [0.2, 0.25) is 0 Å². The van der Waals surface area contributed by atoms with Crippen molar-refractivity contribution in [1.29, 1.82) is 0 Å². The second kappa shape index (κ2) is 8.09. The number of rotatable bonds is 3. The topological polar surface area (TPSA) is 40.6 Å². The molecular formula is C23H26N2O2. The number of hydrogen-bond donors (Lipinski definition) is 0. The van der Waals surface area contributed by atoms with Crippen LogP contribution in [0.3, 0.4) is 0 Å². The summed E-state index contributed by atoms with van der Waals surface area (Å²) in [6.45, 7) is 9.53. The number of hydrazine groups is 1. The number of amides is 2. The lowest BCUT2D eigenvalue weighted by Gasteiger charge is -2.42. The third-order valence-electron chi connectivity index (χ3n) is 4.11. The summed E-state index contributed by atoms with van der Waals surface area (Å²) in [5.41, 5.74) is 2.39. The number of carbonyl (C=O) groups is 2. The van der Waals surface area contributed by atoms with Crippen LogP contribution in [-0.4, -0.2) is 33.9 Å². The summed E-state index contributed by atoms with van der Waals surface area (Å²) in [7, 11) is 0. The molecule has 0 aromatic heterocycles. The van der Waals surface area contributed by atoms with E-state index in [-0.39, 0.29) is 18.4 Å². The highest BCUT2D eigenvalue weighted by Crippen LogP contribution is 2.22. The smallest absolute Gasteiger partial charge is 0.267 e. The fraction of sp³-hybridized carbons (Fsp3) is 0.304. The van der Waals surface area contributed by atoms with Crippen LogP contribution in [0.1, 0.15) is 52.6 Å². The van der Waals surface area contributed by atoms with Crippen LogP contribution in [0.5, 0.6) is 0 Å². The van der Waals surface area contributed by atoms with Gasteiger partial charge in [-0.2, -0.15) is 0 Å². The van der Waals surface area contributed by atoms with E-state index in [0.29, 0.717) is 11.1 Å². The SMILES string of the molecule is C#CCN(C(=O)c1ccc(C)cc1)N(C(=O)c1cccc(C)c1)C(C)(C)C. The number of terminal acetylenes is 1. The maximum atomic E-state index is 13.3. The van der Waals surface area contributed by atoms with Gasteiger partial charge in [0.15, 0.2) is 0 Å². The van der Waals surface area contributed by atoms with E-state index in [4.69, 9.17) is 6.42 Å². The summed E-state index contributed by atoms with van der Waals surface area (Å²) in [5.74, 6) is 1.95. The summed E-state index contributed by atoms with van der Waals surface area (Å²) in [5, 5.41) is 2.82. The lowest BCUT2D eigenvalue weighted by Crippen LogP contribution is -2.58. The zero-order chi connectivity index (χ0) is 20.2. The van der Waals surface area contributed by atoms with E-state index in [1.54, 1.807) is 18.2 Å². The maximum Gasteiger partial charge on any atom is 0.273 e. The molecule has 0 aliphatic rings. The second-order valence-electron chi connectivity index (χ2n) is 7.59. The van der Waals surface area contributed by atoms with E-state index in [1.165, 1.54) is 10.0 Å². The molecule has 0 aliphatic heterocycles. The van der Waals surface area contributed by atoms with Crippen LogP contribution >= 0.6 is 0 Å². The standard InChI is InChI=1S/C23H26N2O2/c1-7-15-24(21(26)19-13-11-17(2)12-14-19)25(23(4,5)6)22(27)20-10-8-9-18(3)16-20/h1,8-14,16H,15H2,2-6H3. The van der Waals surface area contributed by atoms with Gasteiger partial charge in [0.05, 0.1) is 5.54 Å². The fourth-order valence-electron chi connectivity index (χ4n) is 2.84. The Hall–Kier alpha value is -3.06. The molecule has 0 atom stereocenters. The largest absolute Gasteiger partial charge is 0.273 e. The minimum Gasteiger partial charge on any atom is -0.267 e. The Morgan fingerprint density at radius 3 is 2.07 bits per heavy atom. The van der Waals surface area contributed by atoms with Gasteiger partial charge in [-0.25, -0.2) is 10.0 Å². The van der Waals surface area contributed by atoms with Crippen molar-refractivity contribution in [1.82, 2.24) is 10.0 Å². The molecule has 27 heavy (non-hydrogen) atoms. The highest BCUT2D eigenvalue weighted by atomic mass is 16.2. The Bertz CT molecular complexity index is 870. The average Bonchev–Trinajstić information content (AvgIpc) is 2.60. The van der Waals surface area contributed by atoms with Crippen LogP contribution < -0.4 is 0 Å². The Labute approximate surface area is 161 Å². The van der Waals surface area contributed by atoms with Crippen molar-refractivity contribution in [3.8, 4) is 12.3 Å².